The van der Waals surface area contributed by atoms with Crippen molar-refractivity contribution in [3.8, 4) is 0 Å². The van der Waals surface area contributed by atoms with Crippen molar-refractivity contribution in [2.45, 2.75) is 44.6 Å². The first-order valence-corrected chi connectivity index (χ1v) is 6.71. The van der Waals surface area contributed by atoms with Gasteiger partial charge >= 0.3 is 0 Å². The maximum atomic E-state index is 5.25. The van der Waals surface area contributed by atoms with Gasteiger partial charge in [0.2, 0.25) is 0 Å². The van der Waals surface area contributed by atoms with E-state index in [1.54, 1.807) is 0 Å². The third kappa shape index (κ3) is 3.59. The van der Waals surface area contributed by atoms with Crippen LogP contribution >= 0.6 is 12.2 Å². The largest absolute Gasteiger partial charge is 0.363 e. The quantitative estimate of drug-likeness (QED) is 0.549. The van der Waals surface area contributed by atoms with Crippen molar-refractivity contribution in [2.24, 2.45) is 0 Å². The van der Waals surface area contributed by atoms with E-state index in [-0.39, 0.29) is 0 Å². The zero-order valence-corrected chi connectivity index (χ0v) is 11.6. The molecule has 0 aliphatic heterocycles. The molecule has 1 saturated carbocycles. The Kier molecular flexibility index (Phi) is 5.49. The summed E-state index contributed by atoms with van der Waals surface area (Å²) in [6.45, 7) is 4.14. The first-order chi connectivity index (χ1) is 7.60. The molecule has 1 rings (SSSR count). The average molecular weight is 243 g/mol. The molecule has 1 aliphatic rings. The Balaban J connectivity index is 2.20. The molecular weight excluding hydrogens is 218 g/mol. The SMILES string of the molecule is CCCCNC(=S)NCC1(N(C)C)CCC1. The Labute approximate surface area is 105 Å². The summed E-state index contributed by atoms with van der Waals surface area (Å²) in [6, 6.07) is 0. The van der Waals surface area contributed by atoms with Gasteiger partial charge < -0.3 is 15.5 Å². The van der Waals surface area contributed by atoms with E-state index in [0.29, 0.717) is 5.54 Å². The van der Waals surface area contributed by atoms with Crippen LogP contribution in [0.1, 0.15) is 39.0 Å². The summed E-state index contributed by atoms with van der Waals surface area (Å²) in [5.41, 5.74) is 0.344. The Morgan fingerprint density at radius 1 is 1.31 bits per heavy atom. The normalized spacial score (nSPS) is 18.0. The van der Waals surface area contributed by atoms with Gasteiger partial charge in [0.05, 0.1) is 0 Å². The minimum absolute atomic E-state index is 0.344. The highest BCUT2D eigenvalue weighted by molar-refractivity contribution is 7.80. The molecule has 94 valence electrons. The lowest BCUT2D eigenvalue weighted by molar-refractivity contribution is 0.0648. The van der Waals surface area contributed by atoms with Crippen molar-refractivity contribution in [1.82, 2.24) is 15.5 Å². The summed E-state index contributed by atoms with van der Waals surface area (Å²) >= 11 is 5.25. The van der Waals surface area contributed by atoms with E-state index in [1.165, 1.54) is 32.1 Å². The lowest BCUT2D eigenvalue weighted by Gasteiger charge is -2.47. The molecule has 0 unspecified atom stereocenters. The van der Waals surface area contributed by atoms with Gasteiger partial charge in [-0.1, -0.05) is 13.3 Å². The second kappa shape index (κ2) is 6.40. The molecule has 0 aromatic carbocycles. The minimum atomic E-state index is 0.344. The van der Waals surface area contributed by atoms with Gasteiger partial charge in [-0.25, -0.2) is 0 Å². The molecule has 1 fully saturated rings. The van der Waals surface area contributed by atoms with Crippen LogP contribution in [0, 0.1) is 0 Å². The number of nitrogens with one attached hydrogen (secondary N) is 2. The summed E-state index contributed by atoms with van der Waals surface area (Å²) in [4.78, 5) is 2.33. The van der Waals surface area contributed by atoms with Crippen molar-refractivity contribution < 1.29 is 0 Å². The molecule has 0 spiro atoms. The first-order valence-electron chi connectivity index (χ1n) is 6.30. The molecule has 1 aliphatic carbocycles. The van der Waals surface area contributed by atoms with Gasteiger partial charge in [-0.05, 0) is 52.0 Å². The van der Waals surface area contributed by atoms with E-state index in [4.69, 9.17) is 12.2 Å². The van der Waals surface area contributed by atoms with Gasteiger partial charge in [-0.3, -0.25) is 0 Å². The molecule has 0 amide bonds. The standard InChI is InChI=1S/C12H25N3S/c1-4-5-9-13-11(16)14-10-12(15(2)3)7-6-8-12/h4-10H2,1-3H3,(H2,13,14,16). The number of unbranched alkanes of at least 4 members (excludes halogenated alkanes) is 1. The second-order valence-corrected chi connectivity index (χ2v) is 5.34. The van der Waals surface area contributed by atoms with Crippen molar-refractivity contribution in [2.75, 3.05) is 27.2 Å². The third-order valence-corrected chi connectivity index (χ3v) is 3.92. The van der Waals surface area contributed by atoms with Gasteiger partial charge in [0.25, 0.3) is 0 Å². The maximum Gasteiger partial charge on any atom is 0.166 e. The van der Waals surface area contributed by atoms with Crippen molar-refractivity contribution in [3.63, 3.8) is 0 Å². The van der Waals surface area contributed by atoms with Crippen LogP contribution in [-0.2, 0) is 0 Å². The van der Waals surface area contributed by atoms with Crippen LogP contribution in [0.3, 0.4) is 0 Å². The fourth-order valence-electron chi connectivity index (χ4n) is 2.05. The van der Waals surface area contributed by atoms with Crippen LogP contribution in [0.4, 0.5) is 0 Å². The van der Waals surface area contributed by atoms with E-state index in [0.717, 1.165) is 18.2 Å². The minimum Gasteiger partial charge on any atom is -0.363 e. The molecule has 0 bridgehead atoms. The molecule has 0 aromatic heterocycles. The maximum absolute atomic E-state index is 5.25. The Morgan fingerprint density at radius 3 is 2.44 bits per heavy atom. The van der Waals surface area contributed by atoms with Gasteiger partial charge in [0.15, 0.2) is 5.11 Å². The van der Waals surface area contributed by atoms with E-state index >= 15 is 0 Å². The lowest BCUT2D eigenvalue weighted by atomic mass is 9.75. The van der Waals surface area contributed by atoms with Crippen molar-refractivity contribution >= 4 is 17.3 Å². The zero-order valence-electron chi connectivity index (χ0n) is 10.8. The van der Waals surface area contributed by atoms with E-state index in [1.807, 2.05) is 0 Å². The molecule has 2 N–H and O–H groups in total. The van der Waals surface area contributed by atoms with Crippen LogP contribution in [0.25, 0.3) is 0 Å². The zero-order chi connectivity index (χ0) is 12.0. The topological polar surface area (TPSA) is 27.3 Å². The van der Waals surface area contributed by atoms with Gasteiger partial charge in [-0.2, -0.15) is 0 Å². The predicted octanol–water partition coefficient (Wildman–Crippen LogP) is 1.73. The second-order valence-electron chi connectivity index (χ2n) is 4.94. The molecular formula is C12H25N3S. The molecule has 3 nitrogen and oxygen atoms in total. The fourth-order valence-corrected chi connectivity index (χ4v) is 2.23. The Morgan fingerprint density at radius 2 is 2.00 bits per heavy atom. The number of thiocarbonyl (C=S) groups is 1. The van der Waals surface area contributed by atoms with Crippen molar-refractivity contribution in [1.29, 1.82) is 0 Å². The van der Waals surface area contributed by atoms with Crippen LogP contribution in [0.5, 0.6) is 0 Å². The molecule has 0 heterocycles. The highest BCUT2D eigenvalue weighted by Gasteiger charge is 2.38. The predicted molar refractivity (Wildman–Crippen MR) is 73.8 cm³/mol. The molecule has 0 atom stereocenters. The summed E-state index contributed by atoms with van der Waals surface area (Å²) < 4.78 is 0. The van der Waals surface area contributed by atoms with Crippen LogP contribution < -0.4 is 10.6 Å². The molecule has 4 heteroatoms. The highest BCUT2D eigenvalue weighted by atomic mass is 32.1. The third-order valence-electron chi connectivity index (χ3n) is 3.63. The van der Waals surface area contributed by atoms with E-state index in [9.17, 15) is 0 Å². The lowest BCUT2D eigenvalue weighted by Crippen LogP contribution is -2.58. The summed E-state index contributed by atoms with van der Waals surface area (Å²) in [7, 11) is 4.32. The van der Waals surface area contributed by atoms with E-state index in [2.05, 4.69) is 36.6 Å². The van der Waals surface area contributed by atoms with Gasteiger partial charge in [-0.15, -0.1) is 0 Å². The summed E-state index contributed by atoms with van der Waals surface area (Å²) in [6.07, 6.45) is 6.29. The van der Waals surface area contributed by atoms with Crippen LogP contribution in [-0.4, -0.2) is 42.7 Å². The smallest absolute Gasteiger partial charge is 0.166 e. The summed E-state index contributed by atoms with van der Waals surface area (Å²) in [5, 5.41) is 7.40. The van der Waals surface area contributed by atoms with Crippen LogP contribution in [0.2, 0.25) is 0 Å². The number of nitrogens with zero attached hydrogens (tertiary/aromatic N) is 1. The number of hydrogen-bond acceptors (Lipinski definition) is 2. The fraction of sp³-hybridized carbons (Fsp3) is 0.917. The first kappa shape index (κ1) is 13.7. The number of hydrogen-bond donors (Lipinski definition) is 2. The molecule has 0 aromatic rings. The van der Waals surface area contributed by atoms with Gasteiger partial charge in [0.1, 0.15) is 0 Å². The van der Waals surface area contributed by atoms with Crippen LogP contribution in [0.15, 0.2) is 0 Å². The van der Waals surface area contributed by atoms with Crippen molar-refractivity contribution in [3.05, 3.63) is 0 Å². The molecule has 16 heavy (non-hydrogen) atoms. The summed E-state index contributed by atoms with van der Waals surface area (Å²) in [5.74, 6) is 0. The number of likely N-dealkylation sites (N-methyl/N-ethyl adjacent to an activating group) is 1. The number of rotatable bonds is 6. The van der Waals surface area contributed by atoms with Gasteiger partial charge in [0, 0.05) is 18.6 Å². The molecule has 0 saturated heterocycles. The average Bonchev–Trinajstić information content (AvgIpc) is 2.16. The Bertz CT molecular complexity index is 224. The monoisotopic (exact) mass is 243 g/mol. The van der Waals surface area contributed by atoms with E-state index < -0.39 is 0 Å². The molecule has 0 radical (unpaired) electrons. The Hall–Kier alpha value is -0.350. The highest BCUT2D eigenvalue weighted by Crippen LogP contribution is 2.35.